The molecule has 3 aromatic rings. The fraction of sp³-hybridized carbons (Fsp3) is 0.286. The van der Waals surface area contributed by atoms with Crippen molar-refractivity contribution in [2.24, 2.45) is 5.73 Å². The Labute approximate surface area is 158 Å². The summed E-state index contributed by atoms with van der Waals surface area (Å²) in [5.74, 6) is -0.0330. The molecule has 2 N–H and O–H groups in total. The van der Waals surface area contributed by atoms with Gasteiger partial charge in [-0.25, -0.2) is 9.78 Å². The lowest BCUT2D eigenvalue weighted by molar-refractivity contribution is 0.0603. The number of unbranched alkanes of at least 4 members (excludes halogenated alkanes) is 1. The number of esters is 1. The van der Waals surface area contributed by atoms with E-state index in [1.165, 1.54) is 7.11 Å². The van der Waals surface area contributed by atoms with Gasteiger partial charge in [0.25, 0.3) is 5.91 Å². The quantitative estimate of drug-likeness (QED) is 0.651. The number of nitrogens with two attached hydrogens (primary N) is 1. The number of hydrogen-bond donors (Lipinski definition) is 1. The van der Waals surface area contributed by atoms with Crippen molar-refractivity contribution in [2.75, 3.05) is 7.11 Å². The van der Waals surface area contributed by atoms with E-state index in [0.717, 1.165) is 41.4 Å². The van der Waals surface area contributed by atoms with Crippen LogP contribution in [-0.4, -0.2) is 28.5 Å². The summed E-state index contributed by atoms with van der Waals surface area (Å²) in [5.41, 5.74) is 7.44. The molecule has 0 radical (unpaired) electrons. The lowest BCUT2D eigenvalue weighted by Crippen LogP contribution is -2.19. The van der Waals surface area contributed by atoms with E-state index in [0.29, 0.717) is 17.8 Å². The Hall–Kier alpha value is -3.15. The third-order valence-electron chi connectivity index (χ3n) is 4.69. The highest BCUT2D eigenvalue weighted by atomic mass is 16.5. The molecule has 27 heavy (non-hydrogen) atoms. The first-order chi connectivity index (χ1) is 13.1. The minimum Gasteiger partial charge on any atom is -0.465 e. The highest BCUT2D eigenvalue weighted by molar-refractivity contribution is 6.05. The minimum absolute atomic E-state index is 0.373. The number of aromatic nitrogens is 2. The summed E-state index contributed by atoms with van der Waals surface area (Å²) in [4.78, 5) is 28.3. The number of amides is 1. The van der Waals surface area contributed by atoms with Crippen LogP contribution in [0, 0.1) is 0 Å². The first-order valence-corrected chi connectivity index (χ1v) is 9.00. The predicted octanol–water partition coefficient (Wildman–Crippen LogP) is 3.31. The van der Waals surface area contributed by atoms with Crippen LogP contribution in [0.5, 0.6) is 0 Å². The number of nitrogens with zero attached hydrogens (tertiary/aromatic N) is 2. The van der Waals surface area contributed by atoms with E-state index in [9.17, 15) is 9.59 Å². The Morgan fingerprint density at radius 1 is 1.15 bits per heavy atom. The molecule has 0 bridgehead atoms. The molecule has 0 saturated carbocycles. The molecule has 0 spiro atoms. The summed E-state index contributed by atoms with van der Waals surface area (Å²) in [7, 11) is 1.37. The Kier molecular flexibility index (Phi) is 5.54. The number of aryl methyl sites for hydroxylation is 1. The van der Waals surface area contributed by atoms with E-state index >= 15 is 0 Å². The predicted molar refractivity (Wildman–Crippen MR) is 104 cm³/mol. The zero-order chi connectivity index (χ0) is 19.4. The lowest BCUT2D eigenvalue weighted by Gasteiger charge is -2.14. The number of hydrogen-bond acceptors (Lipinski definition) is 4. The van der Waals surface area contributed by atoms with Crippen molar-refractivity contribution in [1.82, 2.24) is 9.55 Å². The van der Waals surface area contributed by atoms with E-state index in [1.807, 2.05) is 34.9 Å². The van der Waals surface area contributed by atoms with Gasteiger partial charge in [-0.3, -0.25) is 4.79 Å². The van der Waals surface area contributed by atoms with E-state index in [4.69, 9.17) is 10.5 Å². The molecule has 2 aromatic carbocycles. The molecular formula is C21H23N3O3. The van der Waals surface area contributed by atoms with Crippen molar-refractivity contribution in [3.8, 4) is 0 Å². The van der Waals surface area contributed by atoms with Gasteiger partial charge >= 0.3 is 5.97 Å². The van der Waals surface area contributed by atoms with Crippen LogP contribution < -0.4 is 5.73 Å². The van der Waals surface area contributed by atoms with Crippen LogP contribution in [0.25, 0.3) is 10.8 Å². The van der Waals surface area contributed by atoms with Crippen LogP contribution in [0.1, 0.15) is 52.0 Å². The van der Waals surface area contributed by atoms with E-state index < -0.39 is 5.91 Å². The van der Waals surface area contributed by atoms with Gasteiger partial charge in [0.2, 0.25) is 0 Å². The van der Waals surface area contributed by atoms with Crippen molar-refractivity contribution < 1.29 is 14.3 Å². The monoisotopic (exact) mass is 365 g/mol. The van der Waals surface area contributed by atoms with Gasteiger partial charge in [-0.2, -0.15) is 0 Å². The Balaban J connectivity index is 2.09. The summed E-state index contributed by atoms with van der Waals surface area (Å²) < 4.78 is 6.76. The van der Waals surface area contributed by atoms with Crippen LogP contribution in [0.15, 0.2) is 42.6 Å². The average molecular weight is 365 g/mol. The maximum absolute atomic E-state index is 12.1. The zero-order valence-corrected chi connectivity index (χ0v) is 15.6. The Morgan fingerprint density at radius 2 is 1.89 bits per heavy atom. The number of ether oxygens (including phenoxy) is 1. The van der Waals surface area contributed by atoms with Gasteiger partial charge in [-0.05, 0) is 28.8 Å². The third-order valence-corrected chi connectivity index (χ3v) is 4.69. The normalized spacial score (nSPS) is 10.9. The molecule has 3 rings (SSSR count). The highest BCUT2D eigenvalue weighted by Gasteiger charge is 2.17. The third kappa shape index (κ3) is 3.69. The first kappa shape index (κ1) is 18.6. The highest BCUT2D eigenvalue weighted by Crippen LogP contribution is 2.25. The number of carbonyl (C=O) groups excluding carboxylic acids is 2. The Morgan fingerprint density at radius 3 is 2.56 bits per heavy atom. The van der Waals surface area contributed by atoms with Gasteiger partial charge in [-0.1, -0.05) is 43.7 Å². The fourth-order valence-corrected chi connectivity index (χ4v) is 3.28. The zero-order valence-electron chi connectivity index (χ0n) is 15.6. The molecular weight excluding hydrogens is 342 g/mol. The number of primary amides is 1. The van der Waals surface area contributed by atoms with Crippen LogP contribution in [0.4, 0.5) is 0 Å². The molecule has 0 aliphatic rings. The first-order valence-electron chi connectivity index (χ1n) is 9.00. The number of fused-ring (bicyclic) bond motifs is 1. The molecule has 0 aliphatic carbocycles. The molecule has 0 saturated heterocycles. The SMILES string of the molecule is CCCCc1ncc(C(N)=O)n1Cc1ccc(C(=O)OC)c2ccccc12. The summed E-state index contributed by atoms with van der Waals surface area (Å²) in [6.45, 7) is 2.57. The fourth-order valence-electron chi connectivity index (χ4n) is 3.28. The number of rotatable bonds is 7. The van der Waals surface area contributed by atoms with Crippen molar-refractivity contribution in [3.63, 3.8) is 0 Å². The summed E-state index contributed by atoms with van der Waals surface area (Å²) in [6.07, 6.45) is 4.34. The van der Waals surface area contributed by atoms with Gasteiger partial charge in [0.05, 0.1) is 25.4 Å². The van der Waals surface area contributed by atoms with E-state index in [2.05, 4.69) is 11.9 Å². The second-order valence-corrected chi connectivity index (χ2v) is 6.42. The van der Waals surface area contributed by atoms with E-state index in [1.54, 1.807) is 12.3 Å². The van der Waals surface area contributed by atoms with Crippen molar-refractivity contribution >= 4 is 22.6 Å². The summed E-state index contributed by atoms with van der Waals surface area (Å²) in [6, 6.07) is 11.3. The second-order valence-electron chi connectivity index (χ2n) is 6.42. The van der Waals surface area contributed by atoms with Crippen molar-refractivity contribution in [3.05, 3.63) is 65.2 Å². The molecule has 6 heteroatoms. The maximum Gasteiger partial charge on any atom is 0.338 e. The van der Waals surface area contributed by atoms with Gasteiger partial charge in [-0.15, -0.1) is 0 Å². The standard InChI is InChI=1S/C21H23N3O3/c1-3-4-9-19-23-12-18(20(22)25)24(19)13-14-10-11-17(21(26)27-2)16-8-6-5-7-15(14)16/h5-8,10-12H,3-4,9,13H2,1-2H3,(H2,22,25). The van der Waals surface area contributed by atoms with Gasteiger partial charge < -0.3 is 15.0 Å². The molecule has 1 heterocycles. The van der Waals surface area contributed by atoms with Gasteiger partial charge in [0.15, 0.2) is 0 Å². The number of imidazole rings is 1. The second kappa shape index (κ2) is 8.03. The van der Waals surface area contributed by atoms with Crippen LogP contribution in [0.3, 0.4) is 0 Å². The topological polar surface area (TPSA) is 87.2 Å². The molecule has 0 fully saturated rings. The molecule has 1 aromatic heterocycles. The number of benzene rings is 2. The van der Waals surface area contributed by atoms with Crippen LogP contribution >= 0.6 is 0 Å². The summed E-state index contributed by atoms with van der Waals surface area (Å²) in [5, 5.41) is 1.75. The minimum atomic E-state index is -0.499. The van der Waals surface area contributed by atoms with Crippen LogP contribution in [-0.2, 0) is 17.7 Å². The molecule has 0 aliphatic heterocycles. The van der Waals surface area contributed by atoms with Gasteiger partial charge in [0, 0.05) is 6.42 Å². The molecule has 140 valence electrons. The van der Waals surface area contributed by atoms with Crippen molar-refractivity contribution in [2.45, 2.75) is 32.7 Å². The van der Waals surface area contributed by atoms with Gasteiger partial charge in [0.1, 0.15) is 11.5 Å². The maximum atomic E-state index is 12.1. The van der Waals surface area contributed by atoms with Crippen LogP contribution in [0.2, 0.25) is 0 Å². The average Bonchev–Trinajstić information content (AvgIpc) is 3.08. The Bertz CT molecular complexity index is 992. The number of methoxy groups -OCH3 is 1. The van der Waals surface area contributed by atoms with E-state index in [-0.39, 0.29) is 5.97 Å². The molecule has 1 amide bonds. The lowest BCUT2D eigenvalue weighted by atomic mass is 9.99. The molecule has 6 nitrogen and oxygen atoms in total. The molecule has 0 atom stereocenters. The van der Waals surface area contributed by atoms with Crippen molar-refractivity contribution in [1.29, 1.82) is 0 Å². The smallest absolute Gasteiger partial charge is 0.338 e. The molecule has 0 unspecified atom stereocenters. The largest absolute Gasteiger partial charge is 0.465 e. The summed E-state index contributed by atoms with van der Waals surface area (Å²) >= 11 is 0. The number of carbonyl (C=O) groups is 2.